The quantitative estimate of drug-likeness (QED) is 0.919. The van der Waals surface area contributed by atoms with Crippen LogP contribution in [0.1, 0.15) is 17.0 Å². The second-order valence-electron chi connectivity index (χ2n) is 4.84. The zero-order chi connectivity index (χ0) is 14.3. The first-order valence-corrected chi connectivity index (χ1v) is 6.64. The van der Waals surface area contributed by atoms with E-state index in [2.05, 4.69) is 0 Å². The summed E-state index contributed by atoms with van der Waals surface area (Å²) in [6, 6.07) is 6.92. The molecule has 1 unspecified atom stereocenters. The third kappa shape index (κ3) is 2.84. The van der Waals surface area contributed by atoms with Gasteiger partial charge in [-0.25, -0.2) is 0 Å². The number of benzene rings is 1. The van der Waals surface area contributed by atoms with E-state index in [1.165, 1.54) is 4.90 Å². The van der Waals surface area contributed by atoms with Crippen LogP contribution in [0.4, 0.5) is 0 Å². The highest BCUT2D eigenvalue weighted by atomic mass is 35.5. The van der Waals surface area contributed by atoms with Crippen LogP contribution in [0.5, 0.6) is 0 Å². The van der Waals surface area contributed by atoms with E-state index in [9.17, 15) is 9.59 Å². The summed E-state index contributed by atoms with van der Waals surface area (Å²) in [5.74, 6) is -1.46. The Morgan fingerprint density at radius 1 is 1.38 bits per heavy atom. The van der Waals surface area contributed by atoms with Gasteiger partial charge < -0.3 is 14.4 Å². The van der Waals surface area contributed by atoms with Gasteiger partial charge in [-0.3, -0.25) is 9.59 Å². The number of halogens is 2. The largest absolute Gasteiger partial charge is 0.481 e. The maximum atomic E-state index is 12.3. The number of hydrogen-bond donors (Lipinski definition) is 1. The summed E-state index contributed by atoms with van der Waals surface area (Å²) in [6.45, 7) is 0.652. The predicted octanol–water partition coefficient (Wildman–Crippen LogP) is 3.05. The van der Waals surface area contributed by atoms with Crippen molar-refractivity contribution in [2.45, 2.75) is 6.42 Å². The summed E-state index contributed by atoms with van der Waals surface area (Å²) in [4.78, 5) is 24.7. The highest BCUT2D eigenvalue weighted by molar-refractivity contribution is 6.34. The number of amides is 1. The number of carbonyl (C=O) groups is 2. The van der Waals surface area contributed by atoms with Crippen LogP contribution in [-0.2, 0) is 4.79 Å². The van der Waals surface area contributed by atoms with Crippen molar-refractivity contribution in [3.8, 4) is 0 Å². The number of para-hydroxylation sites is 1. The molecule has 1 saturated heterocycles. The zero-order valence-electron chi connectivity index (χ0n) is 10.9. The van der Waals surface area contributed by atoms with Gasteiger partial charge in [-0.2, -0.15) is 0 Å². The van der Waals surface area contributed by atoms with Crippen molar-refractivity contribution in [1.29, 1.82) is 0 Å². The van der Waals surface area contributed by atoms with Gasteiger partial charge in [0.15, 0.2) is 11.3 Å². The molecule has 7 heteroatoms. The molecule has 2 aromatic rings. The van der Waals surface area contributed by atoms with Gasteiger partial charge in [0.25, 0.3) is 5.91 Å². The lowest BCUT2D eigenvalue weighted by Gasteiger charge is -2.13. The van der Waals surface area contributed by atoms with Gasteiger partial charge in [0.1, 0.15) is 0 Å². The lowest BCUT2D eigenvalue weighted by Crippen LogP contribution is -2.29. The maximum absolute atomic E-state index is 12.3. The summed E-state index contributed by atoms with van der Waals surface area (Å²) >= 11 is 6.00. The molecule has 1 fully saturated rings. The predicted molar refractivity (Wildman–Crippen MR) is 80.1 cm³/mol. The van der Waals surface area contributed by atoms with Crippen LogP contribution >= 0.6 is 24.0 Å². The SMILES string of the molecule is Cl.O=C(O)C1CCN(C(=O)c2cc3cccc(Cl)c3o2)C1. The van der Waals surface area contributed by atoms with Crippen LogP contribution in [-0.4, -0.2) is 35.0 Å². The summed E-state index contributed by atoms with van der Waals surface area (Å²) in [7, 11) is 0. The van der Waals surface area contributed by atoms with Crippen LogP contribution in [0.15, 0.2) is 28.7 Å². The number of aliphatic carboxylic acids is 1. The van der Waals surface area contributed by atoms with E-state index < -0.39 is 11.9 Å². The van der Waals surface area contributed by atoms with E-state index in [0.29, 0.717) is 23.6 Å². The molecule has 3 rings (SSSR count). The van der Waals surface area contributed by atoms with E-state index in [1.807, 2.05) is 6.07 Å². The molecule has 1 N–H and O–H groups in total. The normalized spacial score (nSPS) is 17.8. The summed E-state index contributed by atoms with van der Waals surface area (Å²) in [5.41, 5.74) is 0.478. The Labute approximate surface area is 131 Å². The standard InChI is InChI=1S/C14H12ClNO4.ClH/c15-10-3-1-2-8-6-11(20-12(8)10)13(17)16-5-4-9(7-16)14(18)19;/h1-3,6,9H,4-5,7H2,(H,18,19);1H. The molecule has 0 saturated carbocycles. The Morgan fingerprint density at radius 3 is 2.76 bits per heavy atom. The fourth-order valence-corrected chi connectivity index (χ4v) is 2.66. The van der Waals surface area contributed by atoms with Crippen molar-refractivity contribution in [3.63, 3.8) is 0 Å². The third-order valence-electron chi connectivity index (χ3n) is 3.53. The van der Waals surface area contributed by atoms with Gasteiger partial charge in [-0.05, 0) is 18.6 Å². The van der Waals surface area contributed by atoms with Gasteiger partial charge >= 0.3 is 5.97 Å². The van der Waals surface area contributed by atoms with Gasteiger partial charge in [-0.1, -0.05) is 23.7 Å². The molecule has 5 nitrogen and oxygen atoms in total. The van der Waals surface area contributed by atoms with Gasteiger partial charge in [0.2, 0.25) is 0 Å². The van der Waals surface area contributed by atoms with Crippen molar-refractivity contribution in [3.05, 3.63) is 35.0 Å². The van der Waals surface area contributed by atoms with Gasteiger partial charge in [-0.15, -0.1) is 12.4 Å². The lowest BCUT2D eigenvalue weighted by atomic mass is 10.1. The molecule has 112 valence electrons. The average molecular weight is 330 g/mol. The van der Waals surface area contributed by atoms with Crippen molar-refractivity contribution >= 4 is 46.9 Å². The molecule has 1 atom stereocenters. The van der Waals surface area contributed by atoms with E-state index >= 15 is 0 Å². The number of carbonyl (C=O) groups excluding carboxylic acids is 1. The molecule has 1 aliphatic heterocycles. The first kappa shape index (κ1) is 15.7. The molecular weight excluding hydrogens is 317 g/mol. The van der Waals surface area contributed by atoms with Crippen LogP contribution < -0.4 is 0 Å². The minimum Gasteiger partial charge on any atom is -0.481 e. The molecule has 1 aromatic carbocycles. The monoisotopic (exact) mass is 329 g/mol. The Bertz CT molecular complexity index is 697. The molecule has 0 aliphatic carbocycles. The molecule has 1 aliphatic rings. The van der Waals surface area contributed by atoms with Crippen LogP contribution in [0.3, 0.4) is 0 Å². The number of carboxylic acid groups (broad SMARTS) is 1. The molecule has 0 spiro atoms. The molecule has 0 bridgehead atoms. The smallest absolute Gasteiger partial charge is 0.308 e. The van der Waals surface area contributed by atoms with Gasteiger partial charge in [0, 0.05) is 18.5 Å². The topological polar surface area (TPSA) is 70.8 Å². The minimum atomic E-state index is -0.868. The summed E-state index contributed by atoms with van der Waals surface area (Å²) in [6.07, 6.45) is 0.474. The number of furan rings is 1. The average Bonchev–Trinajstić information content (AvgIpc) is 3.05. The number of nitrogens with zero attached hydrogens (tertiary/aromatic N) is 1. The Hall–Kier alpha value is -1.72. The van der Waals surface area contributed by atoms with Gasteiger partial charge in [0.05, 0.1) is 10.9 Å². The second-order valence-corrected chi connectivity index (χ2v) is 5.25. The number of likely N-dealkylation sites (tertiary alicyclic amines) is 1. The van der Waals surface area contributed by atoms with Crippen molar-refractivity contribution in [2.75, 3.05) is 13.1 Å². The highest BCUT2D eigenvalue weighted by Gasteiger charge is 2.32. The number of hydrogen-bond acceptors (Lipinski definition) is 3. The van der Waals surface area contributed by atoms with Crippen LogP contribution in [0.25, 0.3) is 11.0 Å². The van der Waals surface area contributed by atoms with Crippen molar-refractivity contribution < 1.29 is 19.1 Å². The molecule has 21 heavy (non-hydrogen) atoms. The first-order valence-electron chi connectivity index (χ1n) is 6.26. The van der Waals surface area contributed by atoms with E-state index in [-0.39, 0.29) is 30.6 Å². The number of fused-ring (bicyclic) bond motifs is 1. The first-order chi connectivity index (χ1) is 9.56. The number of carboxylic acids is 1. The van der Waals surface area contributed by atoms with E-state index in [4.69, 9.17) is 21.1 Å². The van der Waals surface area contributed by atoms with Crippen LogP contribution in [0, 0.1) is 5.92 Å². The molecular formula is C14H13Cl2NO4. The number of rotatable bonds is 2. The fraction of sp³-hybridized carbons (Fsp3) is 0.286. The van der Waals surface area contributed by atoms with Crippen molar-refractivity contribution in [2.24, 2.45) is 5.92 Å². The molecule has 1 aromatic heterocycles. The fourth-order valence-electron chi connectivity index (χ4n) is 2.44. The highest BCUT2D eigenvalue weighted by Crippen LogP contribution is 2.28. The van der Waals surface area contributed by atoms with E-state index in [0.717, 1.165) is 5.39 Å². The van der Waals surface area contributed by atoms with Crippen LogP contribution in [0.2, 0.25) is 5.02 Å². The Kier molecular flexibility index (Phi) is 4.44. The Balaban J connectivity index is 0.00000161. The Morgan fingerprint density at radius 2 is 2.14 bits per heavy atom. The van der Waals surface area contributed by atoms with Crippen molar-refractivity contribution in [1.82, 2.24) is 4.90 Å². The second kappa shape index (κ2) is 5.95. The third-order valence-corrected chi connectivity index (χ3v) is 3.83. The zero-order valence-corrected chi connectivity index (χ0v) is 12.5. The summed E-state index contributed by atoms with van der Waals surface area (Å²) in [5, 5.41) is 10.2. The summed E-state index contributed by atoms with van der Waals surface area (Å²) < 4.78 is 5.50. The molecule has 0 radical (unpaired) electrons. The lowest BCUT2D eigenvalue weighted by molar-refractivity contribution is -0.141. The van der Waals surface area contributed by atoms with E-state index in [1.54, 1.807) is 18.2 Å². The minimum absolute atomic E-state index is 0. The molecule has 2 heterocycles. The maximum Gasteiger partial charge on any atom is 0.308 e. The molecule has 1 amide bonds.